The summed E-state index contributed by atoms with van der Waals surface area (Å²) in [5.41, 5.74) is 0.398. The van der Waals surface area contributed by atoms with Gasteiger partial charge in [0.1, 0.15) is 5.82 Å². The van der Waals surface area contributed by atoms with Gasteiger partial charge in [-0.3, -0.25) is 4.79 Å². The summed E-state index contributed by atoms with van der Waals surface area (Å²) in [5, 5.41) is 3.48. The van der Waals surface area contributed by atoms with Gasteiger partial charge in [-0.05, 0) is 57.5 Å². The molecule has 1 aromatic rings. The second-order valence-electron chi connectivity index (χ2n) is 6.01. The zero-order valence-corrected chi connectivity index (χ0v) is 11.3. The third-order valence-electron chi connectivity index (χ3n) is 4.41. The second kappa shape index (κ2) is 4.30. The third-order valence-corrected chi connectivity index (χ3v) is 4.41. The van der Waals surface area contributed by atoms with E-state index in [4.69, 9.17) is 0 Å². The van der Waals surface area contributed by atoms with Crippen LogP contribution in [0, 0.1) is 11.2 Å². The maximum absolute atomic E-state index is 13.0. The highest BCUT2D eigenvalue weighted by atomic mass is 19.1. The second-order valence-corrected chi connectivity index (χ2v) is 6.01. The molecule has 2 fully saturated rings. The molecular weight excluding hydrogens is 243 g/mol. The van der Waals surface area contributed by atoms with Crippen molar-refractivity contribution in [3.63, 3.8) is 0 Å². The van der Waals surface area contributed by atoms with Crippen molar-refractivity contribution in [2.45, 2.75) is 38.8 Å². The molecular formula is C15H19FN2O. The molecule has 1 aromatic carbocycles. The van der Waals surface area contributed by atoms with E-state index >= 15 is 0 Å². The number of amides is 1. The molecule has 0 spiro atoms. The number of nitrogens with zero attached hydrogens (tertiary/aromatic N) is 1. The van der Waals surface area contributed by atoms with Crippen molar-refractivity contribution < 1.29 is 9.18 Å². The number of anilines is 1. The minimum atomic E-state index is -0.403. The fraction of sp³-hybridized carbons (Fsp3) is 0.533. The summed E-state index contributed by atoms with van der Waals surface area (Å²) in [6, 6.07) is 6.58. The Hall–Kier alpha value is -1.42. The first-order valence-electron chi connectivity index (χ1n) is 6.84. The number of carbonyl (C=O) groups is 1. The van der Waals surface area contributed by atoms with Gasteiger partial charge in [-0.15, -0.1) is 0 Å². The molecule has 2 aliphatic rings. The lowest BCUT2D eigenvalue weighted by Crippen LogP contribution is -2.50. The number of fused-ring (bicyclic) bond motifs is 1. The molecule has 3 nitrogen and oxygen atoms in total. The van der Waals surface area contributed by atoms with Gasteiger partial charge in [0, 0.05) is 11.7 Å². The maximum atomic E-state index is 13.0. The van der Waals surface area contributed by atoms with Crippen LogP contribution in [0.3, 0.4) is 0 Å². The summed E-state index contributed by atoms with van der Waals surface area (Å²) < 4.78 is 13.0. The maximum Gasteiger partial charge on any atom is 0.234 e. The van der Waals surface area contributed by atoms with E-state index < -0.39 is 5.41 Å². The predicted molar refractivity (Wildman–Crippen MR) is 72.5 cm³/mol. The van der Waals surface area contributed by atoms with Crippen LogP contribution in [0.5, 0.6) is 0 Å². The summed E-state index contributed by atoms with van der Waals surface area (Å²) in [6.45, 7) is 4.96. The van der Waals surface area contributed by atoms with Crippen LogP contribution in [0.2, 0.25) is 0 Å². The highest BCUT2D eigenvalue weighted by Crippen LogP contribution is 2.41. The van der Waals surface area contributed by atoms with Gasteiger partial charge in [-0.1, -0.05) is 0 Å². The summed E-state index contributed by atoms with van der Waals surface area (Å²) in [7, 11) is 0. The average Bonchev–Trinajstić information content (AvgIpc) is 2.60. The summed E-state index contributed by atoms with van der Waals surface area (Å²) >= 11 is 0. The van der Waals surface area contributed by atoms with Gasteiger partial charge in [-0.2, -0.15) is 0 Å². The van der Waals surface area contributed by atoms with E-state index in [9.17, 15) is 9.18 Å². The smallest absolute Gasteiger partial charge is 0.234 e. The Morgan fingerprint density at radius 1 is 1.32 bits per heavy atom. The average molecular weight is 262 g/mol. The first kappa shape index (κ1) is 12.6. The van der Waals surface area contributed by atoms with E-state index in [1.165, 1.54) is 12.1 Å². The molecule has 1 N–H and O–H groups in total. The molecule has 0 saturated carbocycles. The molecule has 19 heavy (non-hydrogen) atoms. The minimum absolute atomic E-state index is 0.128. The van der Waals surface area contributed by atoms with Crippen molar-refractivity contribution in [3.8, 4) is 0 Å². The Morgan fingerprint density at radius 3 is 2.68 bits per heavy atom. The highest BCUT2D eigenvalue weighted by Gasteiger charge is 2.54. The fourth-order valence-electron chi connectivity index (χ4n) is 3.39. The molecule has 1 amide bonds. The molecule has 2 aliphatic heterocycles. The van der Waals surface area contributed by atoms with Crippen molar-refractivity contribution in [1.82, 2.24) is 5.32 Å². The lowest BCUT2D eigenvalue weighted by atomic mass is 9.81. The van der Waals surface area contributed by atoms with Crippen LogP contribution < -0.4 is 10.2 Å². The normalized spacial score (nSPS) is 29.4. The van der Waals surface area contributed by atoms with Crippen molar-refractivity contribution >= 4 is 11.6 Å². The van der Waals surface area contributed by atoms with Crippen LogP contribution in [-0.2, 0) is 4.79 Å². The van der Waals surface area contributed by atoms with Crippen molar-refractivity contribution in [2.24, 2.45) is 5.41 Å². The van der Waals surface area contributed by atoms with E-state index in [2.05, 4.69) is 5.32 Å². The largest absolute Gasteiger partial charge is 0.311 e. The van der Waals surface area contributed by atoms with Crippen molar-refractivity contribution in [3.05, 3.63) is 30.1 Å². The number of hydrogen-bond donors (Lipinski definition) is 1. The molecule has 0 aromatic heterocycles. The van der Waals surface area contributed by atoms with E-state index in [1.54, 1.807) is 12.1 Å². The Balaban J connectivity index is 2.00. The van der Waals surface area contributed by atoms with E-state index in [1.807, 2.05) is 18.7 Å². The minimum Gasteiger partial charge on any atom is -0.311 e. The lowest BCUT2D eigenvalue weighted by molar-refractivity contribution is -0.124. The quantitative estimate of drug-likeness (QED) is 0.842. The number of hydrogen-bond acceptors (Lipinski definition) is 2. The Kier molecular flexibility index (Phi) is 2.86. The molecule has 4 heteroatoms. The van der Waals surface area contributed by atoms with Crippen LogP contribution in [-0.4, -0.2) is 24.5 Å². The SMILES string of the molecule is CC1(C)C(=O)N(c2ccc(F)cc2)C2CCCNC21. The van der Waals surface area contributed by atoms with Gasteiger partial charge in [0.2, 0.25) is 5.91 Å². The predicted octanol–water partition coefficient (Wildman–Crippen LogP) is 2.32. The van der Waals surface area contributed by atoms with Gasteiger partial charge < -0.3 is 10.2 Å². The van der Waals surface area contributed by atoms with E-state index in [-0.39, 0.29) is 23.8 Å². The number of halogens is 1. The molecule has 2 unspecified atom stereocenters. The fourth-order valence-corrected chi connectivity index (χ4v) is 3.39. The molecule has 0 radical (unpaired) electrons. The monoisotopic (exact) mass is 262 g/mol. The van der Waals surface area contributed by atoms with Crippen molar-refractivity contribution in [1.29, 1.82) is 0 Å². The number of piperidine rings is 1. The zero-order chi connectivity index (χ0) is 13.6. The lowest BCUT2D eigenvalue weighted by Gasteiger charge is -2.34. The van der Waals surface area contributed by atoms with Crippen LogP contribution >= 0.6 is 0 Å². The molecule has 102 valence electrons. The van der Waals surface area contributed by atoms with Gasteiger partial charge in [0.25, 0.3) is 0 Å². The topological polar surface area (TPSA) is 32.3 Å². The molecule has 2 heterocycles. The molecule has 0 aliphatic carbocycles. The number of nitrogens with one attached hydrogen (secondary N) is 1. The molecule has 2 saturated heterocycles. The van der Waals surface area contributed by atoms with Crippen LogP contribution in [0.25, 0.3) is 0 Å². The number of rotatable bonds is 1. The van der Waals surface area contributed by atoms with Crippen LogP contribution in [0.1, 0.15) is 26.7 Å². The Bertz CT molecular complexity index is 497. The first-order valence-corrected chi connectivity index (χ1v) is 6.84. The summed E-state index contributed by atoms with van der Waals surface area (Å²) in [5.74, 6) is -0.142. The van der Waals surface area contributed by atoms with Gasteiger partial charge in [0.05, 0.1) is 11.5 Å². The van der Waals surface area contributed by atoms with Crippen LogP contribution in [0.15, 0.2) is 24.3 Å². The Labute approximate surface area is 112 Å². The number of benzene rings is 1. The number of carbonyl (C=O) groups excluding carboxylic acids is 1. The zero-order valence-electron chi connectivity index (χ0n) is 11.3. The molecule has 3 rings (SSSR count). The standard InChI is InChI=1S/C15H19FN2O/c1-15(2)13-12(4-3-9-17-13)18(14(15)19)11-7-5-10(16)6-8-11/h5-8,12-13,17H,3-4,9H2,1-2H3. The van der Waals surface area contributed by atoms with Gasteiger partial charge >= 0.3 is 0 Å². The van der Waals surface area contributed by atoms with Gasteiger partial charge in [0.15, 0.2) is 0 Å². The van der Waals surface area contributed by atoms with Crippen molar-refractivity contribution in [2.75, 3.05) is 11.4 Å². The van der Waals surface area contributed by atoms with E-state index in [0.29, 0.717) is 0 Å². The summed E-state index contributed by atoms with van der Waals surface area (Å²) in [4.78, 5) is 14.5. The summed E-state index contributed by atoms with van der Waals surface area (Å²) in [6.07, 6.45) is 2.08. The highest BCUT2D eigenvalue weighted by molar-refractivity contribution is 6.01. The third kappa shape index (κ3) is 1.86. The Morgan fingerprint density at radius 2 is 2.00 bits per heavy atom. The first-order chi connectivity index (χ1) is 9.01. The van der Waals surface area contributed by atoms with Gasteiger partial charge in [-0.25, -0.2) is 4.39 Å². The van der Waals surface area contributed by atoms with E-state index in [0.717, 1.165) is 25.1 Å². The van der Waals surface area contributed by atoms with Crippen LogP contribution in [0.4, 0.5) is 10.1 Å². The molecule has 2 atom stereocenters. The molecule has 0 bridgehead atoms.